The van der Waals surface area contributed by atoms with Crippen LogP contribution >= 0.6 is 27.5 Å². The third kappa shape index (κ3) is 4.30. The minimum Gasteiger partial charge on any atom is -0.297 e. The third-order valence-electron chi connectivity index (χ3n) is 3.29. The lowest BCUT2D eigenvalue weighted by atomic mass is 10.2. The Hall–Kier alpha value is -2.10. The summed E-state index contributed by atoms with van der Waals surface area (Å²) < 4.78 is 28.1. The summed E-state index contributed by atoms with van der Waals surface area (Å²) in [5, 5.41) is 3.07. The summed E-state index contributed by atoms with van der Waals surface area (Å²) in [5.41, 5.74) is 1.19. The van der Waals surface area contributed by atoms with Crippen molar-refractivity contribution in [3.63, 3.8) is 0 Å². The van der Waals surface area contributed by atoms with Crippen LogP contribution in [0.2, 0.25) is 0 Å². The Morgan fingerprint density at radius 1 is 1.08 bits per heavy atom. The number of carbonyl (C=O) groups excluding carboxylic acids is 1. The van der Waals surface area contributed by atoms with Gasteiger partial charge in [0.25, 0.3) is 5.91 Å². The van der Waals surface area contributed by atoms with Crippen molar-refractivity contribution in [2.45, 2.75) is 4.90 Å². The Labute approximate surface area is 157 Å². The van der Waals surface area contributed by atoms with E-state index >= 15 is 0 Å². The summed E-state index contributed by atoms with van der Waals surface area (Å²) >= 11 is 4.38. The number of carbonyl (C=O) groups is 1. The van der Waals surface area contributed by atoms with Crippen LogP contribution in [-0.2, 0) is 9.84 Å². The van der Waals surface area contributed by atoms with Crippen molar-refractivity contribution >= 4 is 48.3 Å². The Kier molecular flexibility index (Phi) is 4.98. The number of benzene rings is 2. The van der Waals surface area contributed by atoms with Gasteiger partial charge in [0, 0.05) is 33.4 Å². The average Bonchev–Trinajstić information content (AvgIpc) is 3.03. The molecule has 0 atom stereocenters. The molecule has 0 aliphatic heterocycles. The maximum absolute atomic E-state index is 12.2. The SMILES string of the molecule is CS(=O)(=O)c1ccc(-c2nsc(NC(=O)c3ccc(Br)cc3)n2)cc1. The van der Waals surface area contributed by atoms with Gasteiger partial charge in [0.15, 0.2) is 15.7 Å². The number of nitrogens with one attached hydrogen (secondary N) is 1. The highest BCUT2D eigenvalue weighted by Gasteiger charge is 2.12. The zero-order valence-electron chi connectivity index (χ0n) is 12.9. The van der Waals surface area contributed by atoms with Gasteiger partial charge in [0.2, 0.25) is 5.13 Å². The van der Waals surface area contributed by atoms with Crippen molar-refractivity contribution in [3.8, 4) is 11.4 Å². The summed E-state index contributed by atoms with van der Waals surface area (Å²) in [6, 6.07) is 13.2. The Morgan fingerprint density at radius 2 is 1.72 bits per heavy atom. The summed E-state index contributed by atoms with van der Waals surface area (Å²) in [4.78, 5) is 16.7. The normalized spacial score (nSPS) is 11.3. The average molecular weight is 438 g/mol. The number of anilines is 1. The lowest BCUT2D eigenvalue weighted by Gasteiger charge is -2.01. The second kappa shape index (κ2) is 7.03. The Balaban J connectivity index is 1.76. The van der Waals surface area contributed by atoms with E-state index in [0.29, 0.717) is 22.1 Å². The van der Waals surface area contributed by atoms with E-state index in [1.54, 1.807) is 36.4 Å². The molecule has 0 saturated carbocycles. The molecule has 0 fully saturated rings. The van der Waals surface area contributed by atoms with Gasteiger partial charge in [-0.2, -0.15) is 9.36 Å². The van der Waals surface area contributed by atoms with Crippen molar-refractivity contribution < 1.29 is 13.2 Å². The van der Waals surface area contributed by atoms with Gasteiger partial charge in [0.05, 0.1) is 4.90 Å². The molecular weight excluding hydrogens is 426 g/mol. The van der Waals surface area contributed by atoms with Crippen molar-refractivity contribution in [1.29, 1.82) is 0 Å². The molecule has 9 heteroatoms. The zero-order chi connectivity index (χ0) is 18.0. The first-order valence-corrected chi connectivity index (χ1v) is 10.5. The molecule has 1 heterocycles. The van der Waals surface area contributed by atoms with Gasteiger partial charge in [-0.25, -0.2) is 8.42 Å². The first-order valence-electron chi connectivity index (χ1n) is 7.04. The van der Waals surface area contributed by atoms with Crippen molar-refractivity contribution in [2.75, 3.05) is 11.6 Å². The van der Waals surface area contributed by atoms with Crippen molar-refractivity contribution in [2.24, 2.45) is 0 Å². The van der Waals surface area contributed by atoms with Gasteiger partial charge >= 0.3 is 0 Å². The standard InChI is InChI=1S/C16H12BrN3O3S2/c1-25(22,23)13-8-4-10(5-9-13)14-18-16(24-20-14)19-15(21)11-2-6-12(17)7-3-11/h2-9H,1H3,(H,18,19,20,21). The topological polar surface area (TPSA) is 89.0 Å². The Bertz CT molecular complexity index is 1010. The molecule has 2 aromatic carbocycles. The van der Waals surface area contributed by atoms with Gasteiger partial charge in [-0.15, -0.1) is 0 Å². The summed E-state index contributed by atoms with van der Waals surface area (Å²) in [6.45, 7) is 0. The van der Waals surface area contributed by atoms with Crippen LogP contribution in [0.5, 0.6) is 0 Å². The highest BCUT2D eigenvalue weighted by Crippen LogP contribution is 2.23. The molecule has 3 rings (SSSR count). The monoisotopic (exact) mass is 437 g/mol. The summed E-state index contributed by atoms with van der Waals surface area (Å²) in [7, 11) is -3.24. The van der Waals surface area contributed by atoms with E-state index in [1.165, 1.54) is 12.1 Å². The number of nitrogens with zero attached hydrogens (tertiary/aromatic N) is 2. The molecule has 3 aromatic rings. The van der Waals surface area contributed by atoms with Crippen LogP contribution in [0.3, 0.4) is 0 Å². The summed E-state index contributed by atoms with van der Waals surface area (Å²) in [6.07, 6.45) is 1.15. The molecule has 0 saturated heterocycles. The van der Waals surface area contributed by atoms with Crippen LogP contribution in [-0.4, -0.2) is 29.9 Å². The molecule has 128 valence electrons. The highest BCUT2D eigenvalue weighted by atomic mass is 79.9. The van der Waals surface area contributed by atoms with Crippen LogP contribution in [0.15, 0.2) is 57.9 Å². The predicted octanol–water partition coefficient (Wildman–Crippen LogP) is 3.62. The summed E-state index contributed by atoms with van der Waals surface area (Å²) in [5.74, 6) is 0.152. The van der Waals surface area contributed by atoms with E-state index in [9.17, 15) is 13.2 Å². The first kappa shape index (κ1) is 17.7. The number of sulfone groups is 1. The maximum atomic E-state index is 12.2. The molecule has 1 N–H and O–H groups in total. The van der Waals surface area contributed by atoms with Crippen LogP contribution in [0.1, 0.15) is 10.4 Å². The van der Waals surface area contributed by atoms with E-state index in [0.717, 1.165) is 22.3 Å². The molecule has 0 aliphatic rings. The van der Waals surface area contributed by atoms with Crippen LogP contribution in [0, 0.1) is 0 Å². The fraction of sp³-hybridized carbons (Fsp3) is 0.0625. The Morgan fingerprint density at radius 3 is 2.32 bits per heavy atom. The number of aromatic nitrogens is 2. The fourth-order valence-electron chi connectivity index (χ4n) is 2.01. The van der Waals surface area contributed by atoms with Crippen molar-refractivity contribution in [1.82, 2.24) is 9.36 Å². The highest BCUT2D eigenvalue weighted by molar-refractivity contribution is 9.10. The molecule has 0 radical (unpaired) electrons. The lowest BCUT2D eigenvalue weighted by Crippen LogP contribution is -2.11. The van der Waals surface area contributed by atoms with Crippen LogP contribution < -0.4 is 5.32 Å². The number of hydrogen-bond acceptors (Lipinski definition) is 6. The van der Waals surface area contributed by atoms with E-state index in [1.807, 2.05) is 0 Å². The molecule has 0 bridgehead atoms. The van der Waals surface area contributed by atoms with Crippen LogP contribution in [0.25, 0.3) is 11.4 Å². The van der Waals surface area contributed by atoms with Gasteiger partial charge in [-0.05, 0) is 48.5 Å². The van der Waals surface area contributed by atoms with Crippen LogP contribution in [0.4, 0.5) is 5.13 Å². The second-order valence-corrected chi connectivity index (χ2v) is 8.86. The van der Waals surface area contributed by atoms with E-state index in [-0.39, 0.29) is 10.8 Å². The molecule has 1 amide bonds. The molecular formula is C16H12BrN3O3S2. The van der Waals surface area contributed by atoms with Gasteiger partial charge in [-0.1, -0.05) is 15.9 Å². The smallest absolute Gasteiger partial charge is 0.257 e. The van der Waals surface area contributed by atoms with Gasteiger partial charge in [-0.3, -0.25) is 10.1 Å². The predicted molar refractivity (Wildman–Crippen MR) is 101 cm³/mol. The number of amides is 1. The van der Waals surface area contributed by atoms with E-state index in [4.69, 9.17) is 0 Å². The van der Waals surface area contributed by atoms with Gasteiger partial charge < -0.3 is 0 Å². The zero-order valence-corrected chi connectivity index (χ0v) is 16.2. The van der Waals surface area contributed by atoms with E-state index in [2.05, 4.69) is 30.6 Å². The third-order valence-corrected chi connectivity index (χ3v) is 5.58. The molecule has 0 unspecified atom stereocenters. The van der Waals surface area contributed by atoms with E-state index < -0.39 is 9.84 Å². The van der Waals surface area contributed by atoms with Crippen molar-refractivity contribution in [3.05, 3.63) is 58.6 Å². The lowest BCUT2D eigenvalue weighted by molar-refractivity contribution is 0.102. The number of hydrogen-bond donors (Lipinski definition) is 1. The largest absolute Gasteiger partial charge is 0.297 e. The first-order chi connectivity index (χ1) is 11.8. The second-order valence-electron chi connectivity index (χ2n) is 5.18. The van der Waals surface area contributed by atoms with Gasteiger partial charge in [0.1, 0.15) is 0 Å². The molecule has 6 nitrogen and oxygen atoms in total. The fourth-order valence-corrected chi connectivity index (χ4v) is 3.49. The number of halogens is 1. The molecule has 1 aromatic heterocycles. The molecule has 0 spiro atoms. The molecule has 25 heavy (non-hydrogen) atoms. The minimum atomic E-state index is -3.24. The molecule has 0 aliphatic carbocycles. The number of rotatable bonds is 4. The minimum absolute atomic E-state index is 0.232. The maximum Gasteiger partial charge on any atom is 0.257 e. The quantitative estimate of drug-likeness (QED) is 0.672.